The molecule has 0 amide bonds. The molecule has 0 heterocycles. The van der Waals surface area contributed by atoms with Gasteiger partial charge in [0.15, 0.2) is 17.5 Å². The van der Waals surface area contributed by atoms with Gasteiger partial charge >= 0.3 is 0 Å². The average Bonchev–Trinajstić information content (AvgIpc) is 2.21. The number of aliphatic hydroxyl groups is 1. The summed E-state index contributed by atoms with van der Waals surface area (Å²) in [6.45, 7) is 1.29. The van der Waals surface area contributed by atoms with E-state index in [4.69, 9.17) is 5.53 Å². The molecule has 0 fully saturated rings. The highest BCUT2D eigenvalue weighted by Crippen LogP contribution is 2.25. The van der Waals surface area contributed by atoms with Crippen molar-refractivity contribution in [2.45, 2.75) is 19.1 Å². The van der Waals surface area contributed by atoms with E-state index in [1.54, 1.807) is 0 Å². The van der Waals surface area contributed by atoms with Gasteiger partial charge in [-0.05, 0) is 30.2 Å². The third-order valence-electron chi connectivity index (χ3n) is 1.98. The van der Waals surface area contributed by atoms with Crippen LogP contribution >= 0.6 is 0 Å². The van der Waals surface area contributed by atoms with Crippen LogP contribution in [0, 0.1) is 17.5 Å². The fraction of sp³-hybridized carbons (Fsp3) is 0.333. The first-order valence-corrected chi connectivity index (χ1v) is 4.34. The zero-order chi connectivity index (χ0) is 12.3. The van der Waals surface area contributed by atoms with Gasteiger partial charge in [0.05, 0.1) is 12.1 Å². The molecule has 0 spiro atoms. The molecular weight excluding hydrogens is 223 g/mol. The Balaban J connectivity index is 3.25. The number of halogens is 3. The summed E-state index contributed by atoms with van der Waals surface area (Å²) in [5.41, 5.74) is 8.10. The van der Waals surface area contributed by atoms with Crippen LogP contribution in [0.25, 0.3) is 10.4 Å². The van der Waals surface area contributed by atoms with Crippen molar-refractivity contribution in [1.29, 1.82) is 0 Å². The van der Waals surface area contributed by atoms with E-state index in [9.17, 15) is 18.3 Å². The van der Waals surface area contributed by atoms with Crippen LogP contribution in [0.5, 0.6) is 0 Å². The van der Waals surface area contributed by atoms with E-state index >= 15 is 0 Å². The first-order chi connectivity index (χ1) is 7.47. The summed E-state index contributed by atoms with van der Waals surface area (Å²) in [6, 6.07) is 0.212. The lowest BCUT2D eigenvalue weighted by Crippen LogP contribution is -2.13. The summed E-state index contributed by atoms with van der Waals surface area (Å²) in [5.74, 6) is -4.39. The largest absolute Gasteiger partial charge is 0.393 e. The summed E-state index contributed by atoms with van der Waals surface area (Å²) < 4.78 is 38.4. The molecule has 0 aromatic heterocycles. The van der Waals surface area contributed by atoms with Gasteiger partial charge in [-0.25, -0.2) is 13.2 Å². The zero-order valence-electron chi connectivity index (χ0n) is 8.23. The second-order valence-corrected chi connectivity index (χ2v) is 3.19. The molecular formula is C9H8F3N3O. The monoisotopic (exact) mass is 231 g/mol. The Morgan fingerprint density at radius 2 is 1.81 bits per heavy atom. The molecule has 1 aromatic rings. The topological polar surface area (TPSA) is 69.0 Å². The first-order valence-electron chi connectivity index (χ1n) is 4.34. The maximum absolute atomic E-state index is 12.9. The molecule has 4 nitrogen and oxygen atoms in total. The minimum Gasteiger partial charge on any atom is -0.393 e. The van der Waals surface area contributed by atoms with E-state index < -0.39 is 29.6 Å². The van der Waals surface area contributed by atoms with Gasteiger partial charge in [-0.1, -0.05) is 5.11 Å². The Hall–Kier alpha value is -1.72. The van der Waals surface area contributed by atoms with Gasteiger partial charge in [0.25, 0.3) is 0 Å². The summed E-state index contributed by atoms with van der Waals surface area (Å²) in [4.78, 5) is 2.44. The minimum atomic E-state index is -1.60. The van der Waals surface area contributed by atoms with Gasteiger partial charge in [-0.3, -0.25) is 0 Å². The fourth-order valence-corrected chi connectivity index (χ4v) is 1.24. The number of hydrogen-bond donors (Lipinski definition) is 1. The van der Waals surface area contributed by atoms with Gasteiger partial charge in [0.1, 0.15) is 0 Å². The average molecular weight is 231 g/mol. The lowest BCUT2D eigenvalue weighted by atomic mass is 10.0. The highest BCUT2D eigenvalue weighted by Gasteiger charge is 2.20. The van der Waals surface area contributed by atoms with Crippen molar-refractivity contribution in [1.82, 2.24) is 0 Å². The van der Waals surface area contributed by atoms with Crippen LogP contribution < -0.4 is 0 Å². The highest BCUT2D eigenvalue weighted by atomic mass is 19.2. The maximum atomic E-state index is 12.9. The van der Waals surface area contributed by atoms with Crippen LogP contribution in [0.4, 0.5) is 13.2 Å². The Morgan fingerprint density at radius 3 is 2.19 bits per heavy atom. The number of benzene rings is 1. The van der Waals surface area contributed by atoms with Crippen LogP contribution in [0.3, 0.4) is 0 Å². The third kappa shape index (κ3) is 2.44. The molecule has 0 aliphatic heterocycles. The van der Waals surface area contributed by atoms with E-state index in [1.807, 2.05) is 0 Å². The van der Waals surface area contributed by atoms with Crippen molar-refractivity contribution in [2.75, 3.05) is 0 Å². The van der Waals surface area contributed by atoms with Crippen molar-refractivity contribution < 1.29 is 18.3 Å². The molecule has 2 atom stereocenters. The number of aliphatic hydroxyl groups excluding tert-OH is 1. The molecule has 0 saturated carbocycles. The summed E-state index contributed by atoms with van der Waals surface area (Å²) in [6.07, 6.45) is -1.14. The van der Waals surface area contributed by atoms with E-state index in [0.29, 0.717) is 12.1 Å². The zero-order valence-corrected chi connectivity index (χ0v) is 8.23. The number of nitrogens with zero attached hydrogens (tertiary/aromatic N) is 3. The number of hydrogen-bond acceptors (Lipinski definition) is 2. The van der Waals surface area contributed by atoms with E-state index in [0.717, 1.165) is 0 Å². The molecule has 0 saturated heterocycles. The Bertz CT molecular complexity index is 421. The molecule has 0 unspecified atom stereocenters. The number of rotatable bonds is 3. The lowest BCUT2D eigenvalue weighted by molar-refractivity contribution is 0.164. The number of azide groups is 1. The predicted octanol–water partition coefficient (Wildman–Crippen LogP) is 2.84. The summed E-state index contributed by atoms with van der Waals surface area (Å²) in [7, 11) is 0. The van der Waals surface area contributed by atoms with E-state index in [2.05, 4.69) is 10.0 Å². The molecule has 0 aliphatic carbocycles. The molecule has 1 N–H and O–H groups in total. The molecule has 0 bridgehead atoms. The first kappa shape index (κ1) is 12.4. The quantitative estimate of drug-likeness (QED) is 0.369. The Morgan fingerprint density at radius 1 is 1.31 bits per heavy atom. The van der Waals surface area contributed by atoms with Gasteiger partial charge in [-0.15, -0.1) is 0 Å². The van der Waals surface area contributed by atoms with Gasteiger partial charge < -0.3 is 5.11 Å². The molecule has 1 rings (SSSR count). The van der Waals surface area contributed by atoms with Crippen molar-refractivity contribution in [3.05, 3.63) is 45.6 Å². The summed E-state index contributed by atoms with van der Waals surface area (Å²) >= 11 is 0. The normalized spacial score (nSPS) is 14.1. The Labute approximate surface area is 89.0 Å². The maximum Gasteiger partial charge on any atom is 0.194 e. The van der Waals surface area contributed by atoms with Gasteiger partial charge in [-0.2, -0.15) is 0 Å². The molecule has 1 aromatic carbocycles. The van der Waals surface area contributed by atoms with Crippen LogP contribution in [0.2, 0.25) is 0 Å². The van der Waals surface area contributed by atoms with Crippen molar-refractivity contribution in [3.8, 4) is 0 Å². The second-order valence-electron chi connectivity index (χ2n) is 3.19. The van der Waals surface area contributed by atoms with E-state index in [1.165, 1.54) is 6.92 Å². The van der Waals surface area contributed by atoms with Crippen molar-refractivity contribution in [3.63, 3.8) is 0 Å². The lowest BCUT2D eigenvalue weighted by Gasteiger charge is -2.14. The van der Waals surface area contributed by atoms with Crippen LogP contribution in [-0.4, -0.2) is 11.2 Å². The van der Waals surface area contributed by atoms with Crippen molar-refractivity contribution >= 4 is 0 Å². The fourth-order valence-electron chi connectivity index (χ4n) is 1.24. The van der Waals surface area contributed by atoms with Gasteiger partial charge in [0.2, 0.25) is 0 Å². The van der Waals surface area contributed by atoms with Crippen LogP contribution in [0.15, 0.2) is 17.2 Å². The van der Waals surface area contributed by atoms with Crippen LogP contribution in [0.1, 0.15) is 18.5 Å². The SMILES string of the molecule is C[C@H](O)[C@H](N=[N+]=[N-])c1cc(F)c(F)c(F)c1. The molecule has 7 heteroatoms. The molecule has 0 radical (unpaired) electrons. The molecule has 16 heavy (non-hydrogen) atoms. The second kappa shape index (κ2) is 4.87. The van der Waals surface area contributed by atoms with Gasteiger partial charge in [0, 0.05) is 4.91 Å². The smallest absolute Gasteiger partial charge is 0.194 e. The van der Waals surface area contributed by atoms with Crippen molar-refractivity contribution in [2.24, 2.45) is 5.11 Å². The summed E-state index contributed by atoms with van der Waals surface area (Å²) in [5, 5.41) is 12.4. The highest BCUT2D eigenvalue weighted by molar-refractivity contribution is 5.23. The Kier molecular flexibility index (Phi) is 3.76. The van der Waals surface area contributed by atoms with Crippen LogP contribution in [-0.2, 0) is 0 Å². The molecule has 0 aliphatic rings. The standard InChI is InChI=1S/C9H8F3N3O/c1-4(16)9(14-15-13)5-2-6(10)8(12)7(11)3-5/h2-4,9,16H,1H3/t4-,9-/m0/s1. The predicted molar refractivity (Wildman–Crippen MR) is 49.9 cm³/mol. The third-order valence-corrected chi connectivity index (χ3v) is 1.98. The van der Waals surface area contributed by atoms with E-state index in [-0.39, 0.29) is 5.56 Å². The minimum absolute atomic E-state index is 0.121. The molecule has 86 valence electrons.